The Morgan fingerprint density at radius 1 is 1.00 bits per heavy atom. The number of nitrogen functional groups attached to an aromatic ring is 1. The van der Waals surface area contributed by atoms with Crippen LogP contribution >= 0.6 is 0 Å². The van der Waals surface area contributed by atoms with Crippen LogP contribution in [-0.4, -0.2) is 24.8 Å². The van der Waals surface area contributed by atoms with Crippen molar-refractivity contribution in [2.45, 2.75) is 20.0 Å². The van der Waals surface area contributed by atoms with Gasteiger partial charge in [-0.15, -0.1) is 0 Å². The summed E-state index contributed by atoms with van der Waals surface area (Å²) in [5, 5.41) is 11.0. The van der Waals surface area contributed by atoms with Gasteiger partial charge in [-0.05, 0) is 40.5 Å². The number of imidazole rings is 1. The highest BCUT2D eigenvalue weighted by atomic mass is 16.6. The summed E-state index contributed by atoms with van der Waals surface area (Å²) in [5.41, 5.74) is 12.4. The quantitative estimate of drug-likeness (QED) is 0.427. The number of pyridine rings is 1. The molecule has 5 rings (SSSR count). The Balaban J connectivity index is 1.50. The monoisotopic (exact) mass is 411 g/mol. The van der Waals surface area contributed by atoms with Crippen LogP contribution in [0.25, 0.3) is 33.7 Å². The summed E-state index contributed by atoms with van der Waals surface area (Å²) in [6.07, 6.45) is 3.61. The second-order valence-corrected chi connectivity index (χ2v) is 7.15. The molecule has 0 bridgehead atoms. The number of nitrogens with one attached hydrogen (secondary N) is 1. The van der Waals surface area contributed by atoms with E-state index in [1.54, 1.807) is 6.20 Å². The number of nitrogens with zero attached hydrogens (tertiary/aromatic N) is 5. The van der Waals surface area contributed by atoms with E-state index in [-0.39, 0.29) is 5.82 Å². The van der Waals surface area contributed by atoms with Gasteiger partial charge in [0, 0.05) is 30.5 Å². The molecule has 0 saturated carbocycles. The van der Waals surface area contributed by atoms with Gasteiger partial charge >= 0.3 is 0 Å². The third kappa shape index (κ3) is 3.48. The van der Waals surface area contributed by atoms with E-state index >= 15 is 0 Å². The third-order valence-corrected chi connectivity index (χ3v) is 5.23. The molecule has 31 heavy (non-hydrogen) atoms. The zero-order valence-corrected chi connectivity index (χ0v) is 17.0. The average molecular weight is 411 g/mol. The van der Waals surface area contributed by atoms with Crippen molar-refractivity contribution in [1.82, 2.24) is 24.8 Å². The second kappa shape index (κ2) is 7.91. The largest absolute Gasteiger partial charge is 0.381 e. The first-order valence-electron chi connectivity index (χ1n) is 10.1. The highest BCUT2D eigenvalue weighted by molar-refractivity contribution is 5.93. The molecule has 2 aromatic carbocycles. The van der Waals surface area contributed by atoms with Crippen molar-refractivity contribution in [3.8, 4) is 22.6 Å². The normalized spacial score (nSPS) is 11.1. The lowest BCUT2D eigenvalue weighted by Gasteiger charge is -2.10. The maximum absolute atomic E-state index is 5.91. The van der Waals surface area contributed by atoms with Gasteiger partial charge in [-0.3, -0.25) is 4.98 Å². The lowest BCUT2D eigenvalue weighted by molar-refractivity contribution is 0.310. The third-order valence-electron chi connectivity index (χ3n) is 5.23. The van der Waals surface area contributed by atoms with Crippen LogP contribution in [0.5, 0.6) is 0 Å². The van der Waals surface area contributed by atoms with Gasteiger partial charge in [-0.1, -0.05) is 42.5 Å². The molecule has 8 nitrogen and oxygen atoms in total. The fourth-order valence-corrected chi connectivity index (χ4v) is 3.70. The van der Waals surface area contributed by atoms with E-state index < -0.39 is 0 Å². The molecule has 154 valence electrons. The first-order valence-corrected chi connectivity index (χ1v) is 10.1. The van der Waals surface area contributed by atoms with Gasteiger partial charge in [0.1, 0.15) is 5.52 Å². The summed E-state index contributed by atoms with van der Waals surface area (Å²) in [4.78, 5) is 9.10. The number of nitrogens with two attached hydrogens (primary N) is 1. The lowest BCUT2D eigenvalue weighted by atomic mass is 10.0. The van der Waals surface area contributed by atoms with Crippen LogP contribution in [-0.2, 0) is 13.1 Å². The Morgan fingerprint density at radius 2 is 1.81 bits per heavy atom. The molecule has 0 unspecified atom stereocenters. The van der Waals surface area contributed by atoms with Crippen LogP contribution in [0, 0.1) is 0 Å². The average Bonchev–Trinajstić information content (AvgIpc) is 3.41. The number of para-hydroxylation sites is 1. The lowest BCUT2D eigenvalue weighted by Crippen LogP contribution is -2.01. The molecule has 0 atom stereocenters. The molecule has 8 heteroatoms. The minimum absolute atomic E-state index is 0.217. The van der Waals surface area contributed by atoms with Crippen LogP contribution in [0.2, 0.25) is 0 Å². The van der Waals surface area contributed by atoms with Crippen LogP contribution in [0.1, 0.15) is 12.5 Å². The number of hydrogen-bond acceptors (Lipinski definition) is 7. The summed E-state index contributed by atoms with van der Waals surface area (Å²) >= 11 is 0. The molecule has 3 N–H and O–H groups in total. The van der Waals surface area contributed by atoms with E-state index in [0.29, 0.717) is 18.1 Å². The Morgan fingerprint density at radius 3 is 2.52 bits per heavy atom. The SMILES string of the molecule is CCn1c(-c2nonc2N)nc2cncc(-c3ccc(CNc4ccccc4)cc3)c21. The second-order valence-electron chi connectivity index (χ2n) is 7.15. The maximum atomic E-state index is 5.91. The Kier molecular flexibility index (Phi) is 4.80. The van der Waals surface area contributed by atoms with Crippen molar-refractivity contribution < 1.29 is 4.63 Å². The van der Waals surface area contributed by atoms with Crippen LogP contribution < -0.4 is 11.1 Å². The summed E-state index contributed by atoms with van der Waals surface area (Å²) in [6, 6.07) is 18.6. The van der Waals surface area contributed by atoms with Crippen LogP contribution in [0.15, 0.2) is 71.6 Å². The zero-order chi connectivity index (χ0) is 21.2. The molecule has 3 aromatic heterocycles. The summed E-state index contributed by atoms with van der Waals surface area (Å²) < 4.78 is 6.84. The standard InChI is InChI=1S/C23H21N7O/c1-2-30-21-18(13-25-14-19(21)27-23(30)20-22(24)29-31-28-20)16-10-8-15(9-11-16)12-26-17-6-4-3-5-7-17/h3-11,13-14,26H,2,12H2,1H3,(H2,24,29). The zero-order valence-electron chi connectivity index (χ0n) is 17.0. The molecule has 0 aliphatic carbocycles. The minimum atomic E-state index is 0.217. The topological polar surface area (TPSA) is 108 Å². The van der Waals surface area contributed by atoms with E-state index in [1.807, 2.05) is 24.4 Å². The molecular weight excluding hydrogens is 390 g/mol. The van der Waals surface area contributed by atoms with Gasteiger partial charge in [-0.25, -0.2) is 9.61 Å². The van der Waals surface area contributed by atoms with Gasteiger partial charge in [-0.2, -0.15) is 0 Å². The summed E-state index contributed by atoms with van der Waals surface area (Å²) in [7, 11) is 0. The molecule has 0 fully saturated rings. The van der Waals surface area contributed by atoms with Crippen molar-refractivity contribution in [3.63, 3.8) is 0 Å². The molecule has 3 heterocycles. The van der Waals surface area contributed by atoms with Crippen molar-refractivity contribution in [3.05, 3.63) is 72.6 Å². The van der Waals surface area contributed by atoms with E-state index in [2.05, 4.69) is 68.5 Å². The first kappa shape index (κ1) is 18.8. The number of rotatable bonds is 6. The van der Waals surface area contributed by atoms with Crippen molar-refractivity contribution in [2.24, 2.45) is 0 Å². The van der Waals surface area contributed by atoms with E-state index in [0.717, 1.165) is 34.4 Å². The molecule has 0 aliphatic rings. The number of fused-ring (bicyclic) bond motifs is 1. The van der Waals surface area contributed by atoms with Crippen LogP contribution in [0.4, 0.5) is 11.5 Å². The van der Waals surface area contributed by atoms with Crippen molar-refractivity contribution in [2.75, 3.05) is 11.1 Å². The number of benzene rings is 2. The number of hydrogen-bond donors (Lipinski definition) is 2. The van der Waals surface area contributed by atoms with E-state index in [9.17, 15) is 0 Å². The molecule has 0 spiro atoms. The number of anilines is 2. The van der Waals surface area contributed by atoms with Crippen molar-refractivity contribution in [1.29, 1.82) is 0 Å². The molecule has 0 radical (unpaired) electrons. The minimum Gasteiger partial charge on any atom is -0.381 e. The van der Waals surface area contributed by atoms with Crippen LogP contribution in [0.3, 0.4) is 0 Å². The Bertz CT molecular complexity index is 1320. The summed E-state index contributed by atoms with van der Waals surface area (Å²) in [6.45, 7) is 3.49. The van der Waals surface area contributed by atoms with E-state index in [4.69, 9.17) is 15.3 Å². The predicted octanol–water partition coefficient (Wildman–Crippen LogP) is 4.36. The first-order chi connectivity index (χ1) is 15.2. The van der Waals surface area contributed by atoms with Gasteiger partial charge in [0.25, 0.3) is 0 Å². The molecule has 0 aliphatic heterocycles. The maximum Gasteiger partial charge on any atom is 0.199 e. The Labute approximate surface area is 178 Å². The molecule has 0 amide bonds. The van der Waals surface area contributed by atoms with Gasteiger partial charge in [0.2, 0.25) is 0 Å². The van der Waals surface area contributed by atoms with Gasteiger partial charge < -0.3 is 15.6 Å². The molecule has 5 aromatic rings. The molecule has 0 saturated heterocycles. The number of aryl methyl sites for hydroxylation is 1. The predicted molar refractivity (Wildman–Crippen MR) is 120 cm³/mol. The van der Waals surface area contributed by atoms with Crippen molar-refractivity contribution >= 4 is 22.5 Å². The molecular formula is C23H21N7O. The Hall–Kier alpha value is -4.20. The van der Waals surface area contributed by atoms with Gasteiger partial charge in [0.05, 0.1) is 11.7 Å². The number of aromatic nitrogens is 5. The van der Waals surface area contributed by atoms with Gasteiger partial charge in [0.15, 0.2) is 17.3 Å². The fourth-order valence-electron chi connectivity index (χ4n) is 3.70. The summed E-state index contributed by atoms with van der Waals surface area (Å²) in [5.74, 6) is 0.837. The smallest absolute Gasteiger partial charge is 0.199 e. The highest BCUT2D eigenvalue weighted by Gasteiger charge is 2.20. The van der Waals surface area contributed by atoms with E-state index in [1.165, 1.54) is 5.56 Å². The highest BCUT2D eigenvalue weighted by Crippen LogP contribution is 2.32. The fraction of sp³-hybridized carbons (Fsp3) is 0.130.